The minimum atomic E-state index is -3.83. The van der Waals surface area contributed by atoms with Crippen LogP contribution in [0.4, 0.5) is 5.69 Å². The van der Waals surface area contributed by atoms with Gasteiger partial charge in [-0.25, -0.2) is 8.42 Å². The molecule has 2 aromatic carbocycles. The summed E-state index contributed by atoms with van der Waals surface area (Å²) in [6, 6.07) is 13.3. The Morgan fingerprint density at radius 3 is 2.28 bits per heavy atom. The van der Waals surface area contributed by atoms with Crippen molar-refractivity contribution in [3.05, 3.63) is 54.1 Å². The lowest BCUT2D eigenvalue weighted by molar-refractivity contribution is -0.140. The van der Waals surface area contributed by atoms with Gasteiger partial charge in [0, 0.05) is 18.7 Å². The van der Waals surface area contributed by atoms with E-state index in [9.17, 15) is 18.0 Å². The van der Waals surface area contributed by atoms with E-state index in [1.165, 1.54) is 4.90 Å². The number of anilines is 1. The molecule has 10 heteroatoms. The first-order valence-electron chi connectivity index (χ1n) is 12.1. The van der Waals surface area contributed by atoms with Crippen molar-refractivity contribution < 1.29 is 27.5 Å². The topological polar surface area (TPSA) is 105 Å². The number of rotatable bonds is 11. The summed E-state index contributed by atoms with van der Waals surface area (Å²) in [5.74, 6) is 0.190. The second-order valence-electron chi connectivity index (χ2n) is 8.85. The molecule has 0 fully saturated rings. The number of carbonyl (C=O) groups is 2. The molecule has 2 amide bonds. The molecule has 0 radical (unpaired) electrons. The Kier molecular flexibility index (Phi) is 9.19. The zero-order valence-electron chi connectivity index (χ0n) is 21.3. The Hall–Kier alpha value is -3.27. The average molecular weight is 518 g/mol. The van der Waals surface area contributed by atoms with Gasteiger partial charge >= 0.3 is 0 Å². The van der Waals surface area contributed by atoms with E-state index in [0.29, 0.717) is 31.1 Å². The first kappa shape index (κ1) is 27.3. The molecule has 1 N–H and O–H groups in total. The van der Waals surface area contributed by atoms with E-state index < -0.39 is 28.5 Å². The summed E-state index contributed by atoms with van der Waals surface area (Å²) < 4.78 is 37.7. The van der Waals surface area contributed by atoms with Crippen molar-refractivity contribution in [1.82, 2.24) is 10.2 Å². The summed E-state index contributed by atoms with van der Waals surface area (Å²) in [5, 5.41) is 2.96. The van der Waals surface area contributed by atoms with Gasteiger partial charge in [-0.3, -0.25) is 13.9 Å². The lowest BCUT2D eigenvalue weighted by atomic mass is 10.1. The molecule has 2 atom stereocenters. The highest BCUT2D eigenvalue weighted by molar-refractivity contribution is 7.92. The molecule has 36 heavy (non-hydrogen) atoms. The molecule has 0 saturated heterocycles. The first-order valence-corrected chi connectivity index (χ1v) is 14.0. The lowest BCUT2D eigenvalue weighted by Gasteiger charge is -2.33. The van der Waals surface area contributed by atoms with Gasteiger partial charge in [0.2, 0.25) is 21.8 Å². The van der Waals surface area contributed by atoms with Crippen LogP contribution >= 0.6 is 0 Å². The smallest absolute Gasteiger partial charge is 0.244 e. The van der Waals surface area contributed by atoms with Gasteiger partial charge in [-0.05, 0) is 37.5 Å². The van der Waals surface area contributed by atoms with Crippen LogP contribution in [0, 0.1) is 0 Å². The van der Waals surface area contributed by atoms with Crippen molar-refractivity contribution in [2.24, 2.45) is 0 Å². The second-order valence-corrected chi connectivity index (χ2v) is 10.8. The molecule has 1 aliphatic rings. The lowest BCUT2D eigenvalue weighted by Crippen LogP contribution is -2.53. The minimum Gasteiger partial charge on any atom is -0.486 e. The van der Waals surface area contributed by atoms with Crippen molar-refractivity contribution in [3.63, 3.8) is 0 Å². The molecular weight excluding hydrogens is 482 g/mol. The monoisotopic (exact) mass is 517 g/mol. The highest BCUT2D eigenvalue weighted by Gasteiger charge is 2.32. The Morgan fingerprint density at radius 2 is 1.67 bits per heavy atom. The van der Waals surface area contributed by atoms with E-state index in [-0.39, 0.29) is 24.2 Å². The Balaban J connectivity index is 1.93. The van der Waals surface area contributed by atoms with Crippen LogP contribution in [0.2, 0.25) is 0 Å². The molecule has 1 aliphatic heterocycles. The van der Waals surface area contributed by atoms with E-state index >= 15 is 0 Å². The molecule has 0 unspecified atom stereocenters. The standard InChI is InChI=1S/C26H35N3O6S/c1-5-19(3)27-26(31)22(6-2)28(17-20-10-8-7-9-11-20)25(30)18-29(36(4,32)33)21-12-13-23-24(16-21)35-15-14-34-23/h7-13,16,19,22H,5-6,14-15,17-18H2,1-4H3,(H,27,31)/t19-,22+/m1/s1. The van der Waals surface area contributed by atoms with E-state index in [1.807, 2.05) is 51.1 Å². The number of benzene rings is 2. The molecule has 0 spiro atoms. The molecule has 196 valence electrons. The van der Waals surface area contributed by atoms with Gasteiger partial charge in [0.25, 0.3) is 0 Å². The maximum atomic E-state index is 13.7. The highest BCUT2D eigenvalue weighted by Crippen LogP contribution is 2.34. The second kappa shape index (κ2) is 12.1. The van der Waals surface area contributed by atoms with Gasteiger partial charge in [0.05, 0.1) is 11.9 Å². The third kappa shape index (κ3) is 6.90. The Bertz CT molecular complexity index is 1160. The number of sulfonamides is 1. The number of nitrogens with one attached hydrogen (secondary N) is 1. The zero-order chi connectivity index (χ0) is 26.3. The number of hydrogen-bond donors (Lipinski definition) is 1. The minimum absolute atomic E-state index is 0.0505. The number of carbonyl (C=O) groups excluding carboxylic acids is 2. The fourth-order valence-corrected chi connectivity index (χ4v) is 4.78. The van der Waals surface area contributed by atoms with E-state index in [4.69, 9.17) is 9.47 Å². The zero-order valence-corrected chi connectivity index (χ0v) is 22.1. The van der Waals surface area contributed by atoms with E-state index in [0.717, 1.165) is 22.5 Å². The summed E-state index contributed by atoms with van der Waals surface area (Å²) in [7, 11) is -3.83. The van der Waals surface area contributed by atoms with Crippen molar-refractivity contribution in [2.75, 3.05) is 30.3 Å². The summed E-state index contributed by atoms with van der Waals surface area (Å²) in [4.78, 5) is 28.3. The fraction of sp³-hybridized carbons (Fsp3) is 0.462. The van der Waals surface area contributed by atoms with Crippen molar-refractivity contribution in [1.29, 1.82) is 0 Å². The number of ether oxygens (including phenoxy) is 2. The van der Waals surface area contributed by atoms with Crippen LogP contribution in [0.15, 0.2) is 48.5 Å². The summed E-state index contributed by atoms with van der Waals surface area (Å²) in [6.07, 6.45) is 2.18. The number of nitrogens with zero attached hydrogens (tertiary/aromatic N) is 2. The third-order valence-corrected chi connectivity index (χ3v) is 7.22. The van der Waals surface area contributed by atoms with Crippen LogP contribution in [0.3, 0.4) is 0 Å². The molecule has 9 nitrogen and oxygen atoms in total. The fourth-order valence-electron chi connectivity index (χ4n) is 3.94. The number of amides is 2. The van der Waals surface area contributed by atoms with Crippen LogP contribution < -0.4 is 19.1 Å². The van der Waals surface area contributed by atoms with Gasteiger partial charge in [0.15, 0.2) is 11.5 Å². The van der Waals surface area contributed by atoms with Crippen LogP contribution in [-0.4, -0.2) is 63.2 Å². The quantitative estimate of drug-likeness (QED) is 0.491. The molecule has 2 aromatic rings. The Labute approximate surface area is 213 Å². The van der Waals surface area contributed by atoms with E-state index in [1.54, 1.807) is 18.2 Å². The van der Waals surface area contributed by atoms with Gasteiger partial charge in [0.1, 0.15) is 25.8 Å². The Morgan fingerprint density at radius 1 is 1.00 bits per heavy atom. The van der Waals surface area contributed by atoms with Crippen molar-refractivity contribution >= 4 is 27.5 Å². The van der Waals surface area contributed by atoms with Gasteiger partial charge in [-0.2, -0.15) is 0 Å². The largest absolute Gasteiger partial charge is 0.486 e. The predicted octanol–water partition coefficient (Wildman–Crippen LogP) is 2.95. The molecule has 0 saturated carbocycles. The number of fused-ring (bicyclic) bond motifs is 1. The number of hydrogen-bond acceptors (Lipinski definition) is 6. The molecule has 1 heterocycles. The van der Waals surface area contributed by atoms with Crippen LogP contribution in [0.25, 0.3) is 0 Å². The van der Waals surface area contributed by atoms with E-state index in [2.05, 4.69) is 5.32 Å². The van der Waals surface area contributed by atoms with Gasteiger partial charge < -0.3 is 19.7 Å². The molecule has 0 aromatic heterocycles. The van der Waals surface area contributed by atoms with Gasteiger partial charge in [-0.15, -0.1) is 0 Å². The van der Waals surface area contributed by atoms with Crippen LogP contribution in [0.5, 0.6) is 11.5 Å². The van der Waals surface area contributed by atoms with Crippen LogP contribution in [0.1, 0.15) is 39.2 Å². The van der Waals surface area contributed by atoms with Crippen molar-refractivity contribution in [3.8, 4) is 11.5 Å². The molecule has 0 bridgehead atoms. The summed E-state index contributed by atoms with van der Waals surface area (Å²) in [6.45, 7) is 6.18. The summed E-state index contributed by atoms with van der Waals surface area (Å²) in [5.41, 5.74) is 1.12. The molecule has 3 rings (SSSR count). The SMILES string of the molecule is CC[C@@H](C)NC(=O)[C@H](CC)N(Cc1ccccc1)C(=O)CN(c1ccc2c(c1)OCCO2)S(C)(=O)=O. The average Bonchev–Trinajstić information content (AvgIpc) is 2.86. The normalized spacial score (nSPS) is 14.4. The molecule has 0 aliphatic carbocycles. The third-order valence-electron chi connectivity index (χ3n) is 6.08. The molecular formula is C26H35N3O6S. The predicted molar refractivity (Wildman–Crippen MR) is 139 cm³/mol. The van der Waals surface area contributed by atoms with Crippen molar-refractivity contribution in [2.45, 2.75) is 52.2 Å². The maximum absolute atomic E-state index is 13.7. The highest BCUT2D eigenvalue weighted by atomic mass is 32.2. The van der Waals surface area contributed by atoms with Gasteiger partial charge in [-0.1, -0.05) is 44.2 Å². The van der Waals surface area contributed by atoms with Crippen LogP contribution in [-0.2, 0) is 26.2 Å². The first-order chi connectivity index (χ1) is 17.1. The maximum Gasteiger partial charge on any atom is 0.244 e. The summed E-state index contributed by atoms with van der Waals surface area (Å²) >= 11 is 0.